The van der Waals surface area contributed by atoms with E-state index in [9.17, 15) is 13.2 Å². The molecule has 3 unspecified atom stereocenters. The summed E-state index contributed by atoms with van der Waals surface area (Å²) in [6.45, 7) is 4.43. The summed E-state index contributed by atoms with van der Waals surface area (Å²) in [4.78, 5) is 3.47. The zero-order valence-electron chi connectivity index (χ0n) is 11.2. The SMILES string of the molecule is CC1CCC(Nc2ccc(C(F)(F)F)nc2)C(C)C1. The number of hydrogen-bond donors (Lipinski definition) is 1. The van der Waals surface area contributed by atoms with Gasteiger partial charge in [-0.25, -0.2) is 4.98 Å². The van der Waals surface area contributed by atoms with Gasteiger partial charge in [0, 0.05) is 6.04 Å². The molecular weight excluding hydrogens is 253 g/mol. The highest BCUT2D eigenvalue weighted by Crippen LogP contribution is 2.31. The Bertz CT molecular complexity index is 414. The number of rotatable bonds is 2. The highest BCUT2D eigenvalue weighted by molar-refractivity contribution is 5.42. The van der Waals surface area contributed by atoms with Gasteiger partial charge in [-0.05, 0) is 43.2 Å². The molecule has 1 aromatic heterocycles. The lowest BCUT2D eigenvalue weighted by molar-refractivity contribution is -0.141. The van der Waals surface area contributed by atoms with Gasteiger partial charge in [-0.15, -0.1) is 0 Å². The fourth-order valence-corrected chi connectivity index (χ4v) is 2.74. The van der Waals surface area contributed by atoms with Crippen LogP contribution in [-0.4, -0.2) is 11.0 Å². The Morgan fingerprint density at radius 1 is 1.21 bits per heavy atom. The van der Waals surface area contributed by atoms with Crippen LogP contribution in [-0.2, 0) is 6.18 Å². The number of alkyl halides is 3. The first-order valence-corrected chi connectivity index (χ1v) is 6.66. The van der Waals surface area contributed by atoms with Crippen molar-refractivity contribution in [2.24, 2.45) is 11.8 Å². The topological polar surface area (TPSA) is 24.9 Å². The lowest BCUT2D eigenvalue weighted by Crippen LogP contribution is -2.33. The van der Waals surface area contributed by atoms with Crippen molar-refractivity contribution in [3.05, 3.63) is 24.0 Å². The molecular formula is C14H19F3N2. The van der Waals surface area contributed by atoms with Gasteiger partial charge in [0.25, 0.3) is 0 Å². The van der Waals surface area contributed by atoms with Gasteiger partial charge >= 0.3 is 6.18 Å². The number of nitrogens with one attached hydrogen (secondary N) is 1. The second-order valence-corrected chi connectivity index (χ2v) is 5.58. The molecule has 1 fully saturated rings. The van der Waals surface area contributed by atoms with E-state index in [1.54, 1.807) is 0 Å². The van der Waals surface area contributed by atoms with Crippen molar-refractivity contribution in [3.63, 3.8) is 0 Å². The molecule has 1 aliphatic carbocycles. The monoisotopic (exact) mass is 272 g/mol. The van der Waals surface area contributed by atoms with Crippen LogP contribution in [0, 0.1) is 11.8 Å². The van der Waals surface area contributed by atoms with Gasteiger partial charge in [0.2, 0.25) is 0 Å². The van der Waals surface area contributed by atoms with E-state index in [0.29, 0.717) is 17.6 Å². The van der Waals surface area contributed by atoms with E-state index in [-0.39, 0.29) is 0 Å². The van der Waals surface area contributed by atoms with Crippen molar-refractivity contribution in [3.8, 4) is 0 Å². The van der Waals surface area contributed by atoms with Crippen LogP contribution < -0.4 is 5.32 Å². The van der Waals surface area contributed by atoms with Gasteiger partial charge in [-0.3, -0.25) is 0 Å². The highest BCUT2D eigenvalue weighted by atomic mass is 19.4. The Hall–Kier alpha value is -1.26. The summed E-state index contributed by atoms with van der Waals surface area (Å²) in [5, 5.41) is 3.30. The highest BCUT2D eigenvalue weighted by Gasteiger charge is 2.32. The van der Waals surface area contributed by atoms with Crippen LogP contribution in [0.5, 0.6) is 0 Å². The first kappa shape index (κ1) is 14.2. The predicted molar refractivity (Wildman–Crippen MR) is 68.8 cm³/mol. The molecule has 3 atom stereocenters. The second kappa shape index (κ2) is 5.39. The maximum absolute atomic E-state index is 12.4. The molecule has 0 radical (unpaired) electrons. The molecule has 5 heteroatoms. The lowest BCUT2D eigenvalue weighted by Gasteiger charge is -2.33. The van der Waals surface area contributed by atoms with Crippen molar-refractivity contribution >= 4 is 5.69 Å². The van der Waals surface area contributed by atoms with Crippen LogP contribution in [0.15, 0.2) is 18.3 Å². The summed E-state index contributed by atoms with van der Waals surface area (Å²) in [7, 11) is 0. The molecule has 0 bridgehead atoms. The van der Waals surface area contributed by atoms with E-state index in [0.717, 1.165) is 31.2 Å². The van der Waals surface area contributed by atoms with Crippen LogP contribution >= 0.6 is 0 Å². The van der Waals surface area contributed by atoms with E-state index in [1.165, 1.54) is 12.3 Å². The zero-order valence-corrected chi connectivity index (χ0v) is 11.2. The molecule has 2 rings (SSSR count). The smallest absolute Gasteiger partial charge is 0.381 e. The Balaban J connectivity index is 2.00. The number of nitrogens with zero attached hydrogens (tertiary/aromatic N) is 1. The molecule has 0 spiro atoms. The van der Waals surface area contributed by atoms with Crippen LogP contribution in [0.3, 0.4) is 0 Å². The maximum atomic E-state index is 12.4. The quantitative estimate of drug-likeness (QED) is 0.866. The summed E-state index contributed by atoms with van der Waals surface area (Å²) in [6, 6.07) is 2.81. The van der Waals surface area contributed by atoms with E-state index < -0.39 is 11.9 Å². The molecule has 0 amide bonds. The molecule has 1 saturated carbocycles. The lowest BCUT2D eigenvalue weighted by atomic mass is 9.80. The number of anilines is 1. The summed E-state index contributed by atoms with van der Waals surface area (Å²) in [5.41, 5.74) is -0.178. The summed E-state index contributed by atoms with van der Waals surface area (Å²) in [6.07, 6.45) is 0.283. The van der Waals surface area contributed by atoms with Crippen molar-refractivity contribution in [1.29, 1.82) is 0 Å². The average Bonchev–Trinajstić information content (AvgIpc) is 2.32. The molecule has 1 aromatic rings. The zero-order chi connectivity index (χ0) is 14.0. The minimum Gasteiger partial charge on any atom is -0.381 e. The molecule has 1 heterocycles. The predicted octanol–water partition coefficient (Wildman–Crippen LogP) is 4.34. The molecule has 2 nitrogen and oxygen atoms in total. The van der Waals surface area contributed by atoms with Crippen molar-refractivity contribution in [2.45, 2.75) is 45.3 Å². The number of pyridine rings is 1. The van der Waals surface area contributed by atoms with Crippen molar-refractivity contribution < 1.29 is 13.2 Å². The number of hydrogen-bond acceptors (Lipinski definition) is 2. The molecule has 0 aromatic carbocycles. The first-order chi connectivity index (χ1) is 8.86. The third-order valence-electron chi connectivity index (χ3n) is 3.84. The van der Waals surface area contributed by atoms with Crippen molar-refractivity contribution in [2.75, 3.05) is 5.32 Å². The normalized spacial score (nSPS) is 28.2. The molecule has 1 N–H and O–H groups in total. The molecule has 0 saturated heterocycles. The minimum atomic E-state index is -4.37. The molecule has 19 heavy (non-hydrogen) atoms. The van der Waals surface area contributed by atoms with Crippen LogP contribution in [0.1, 0.15) is 38.8 Å². The van der Waals surface area contributed by atoms with E-state index in [2.05, 4.69) is 24.1 Å². The standard InChI is InChI=1S/C14H19F3N2/c1-9-3-5-12(10(2)7-9)19-11-4-6-13(18-8-11)14(15,16)17/h4,6,8-10,12,19H,3,5,7H2,1-2H3. The second-order valence-electron chi connectivity index (χ2n) is 5.58. The minimum absolute atomic E-state index is 0.328. The number of aromatic nitrogens is 1. The molecule has 0 aliphatic heterocycles. The van der Waals surface area contributed by atoms with E-state index in [1.807, 2.05) is 0 Å². The Morgan fingerprint density at radius 3 is 2.47 bits per heavy atom. The van der Waals surface area contributed by atoms with Gasteiger partial charge < -0.3 is 5.32 Å². The van der Waals surface area contributed by atoms with Gasteiger partial charge in [-0.1, -0.05) is 13.8 Å². The largest absolute Gasteiger partial charge is 0.433 e. The Labute approximate surface area is 111 Å². The van der Waals surface area contributed by atoms with Crippen molar-refractivity contribution in [1.82, 2.24) is 4.98 Å². The first-order valence-electron chi connectivity index (χ1n) is 6.66. The Kier molecular flexibility index (Phi) is 4.02. The Morgan fingerprint density at radius 2 is 1.95 bits per heavy atom. The van der Waals surface area contributed by atoms with Crippen LogP contribution in [0.25, 0.3) is 0 Å². The molecule has 1 aliphatic rings. The summed E-state index contributed by atoms with van der Waals surface area (Å²) >= 11 is 0. The third kappa shape index (κ3) is 3.61. The van der Waals surface area contributed by atoms with Crippen LogP contribution in [0.4, 0.5) is 18.9 Å². The van der Waals surface area contributed by atoms with E-state index in [4.69, 9.17) is 0 Å². The van der Waals surface area contributed by atoms with E-state index >= 15 is 0 Å². The average molecular weight is 272 g/mol. The van der Waals surface area contributed by atoms with Gasteiger partial charge in [0.15, 0.2) is 0 Å². The number of halogens is 3. The van der Waals surface area contributed by atoms with Gasteiger partial charge in [0.1, 0.15) is 5.69 Å². The fourth-order valence-electron chi connectivity index (χ4n) is 2.74. The third-order valence-corrected chi connectivity index (χ3v) is 3.84. The van der Waals surface area contributed by atoms with Gasteiger partial charge in [-0.2, -0.15) is 13.2 Å². The summed E-state index contributed by atoms with van der Waals surface area (Å²) < 4.78 is 37.2. The van der Waals surface area contributed by atoms with Crippen LogP contribution in [0.2, 0.25) is 0 Å². The van der Waals surface area contributed by atoms with Gasteiger partial charge in [0.05, 0.1) is 11.9 Å². The summed E-state index contributed by atoms with van der Waals surface area (Å²) in [5.74, 6) is 1.27. The maximum Gasteiger partial charge on any atom is 0.433 e. The fraction of sp³-hybridized carbons (Fsp3) is 0.643. The molecule has 106 valence electrons.